The summed E-state index contributed by atoms with van der Waals surface area (Å²) in [4.78, 5) is 2.60. The van der Waals surface area contributed by atoms with E-state index in [0.717, 1.165) is 44.2 Å². The second kappa shape index (κ2) is 5.48. The van der Waals surface area contributed by atoms with Crippen LogP contribution >= 0.6 is 0 Å². The summed E-state index contributed by atoms with van der Waals surface area (Å²) in [6, 6.07) is 2.06. The number of nitrogens with zero attached hydrogens (tertiary/aromatic N) is 1. The monoisotopic (exact) mass is 252 g/mol. The quantitative estimate of drug-likeness (QED) is 0.781. The minimum atomic E-state index is 0.579. The maximum absolute atomic E-state index is 5.52. The van der Waals surface area contributed by atoms with Crippen LogP contribution in [-0.2, 0) is 4.74 Å². The first-order valence-corrected chi connectivity index (χ1v) is 7.82. The molecule has 104 valence electrons. The van der Waals surface area contributed by atoms with Gasteiger partial charge in [-0.2, -0.15) is 0 Å². The van der Waals surface area contributed by atoms with Crippen molar-refractivity contribution in [3.8, 4) is 0 Å². The lowest BCUT2D eigenvalue weighted by molar-refractivity contribution is -0.0187. The lowest BCUT2D eigenvalue weighted by atomic mass is 10.1. The molecule has 2 saturated carbocycles. The van der Waals surface area contributed by atoms with E-state index in [0.29, 0.717) is 12.1 Å². The third kappa shape index (κ3) is 3.06. The van der Waals surface area contributed by atoms with Crippen LogP contribution in [0, 0.1) is 11.8 Å². The molecule has 3 aliphatic rings. The first-order chi connectivity index (χ1) is 8.75. The Balaban J connectivity index is 1.46. The molecule has 3 heteroatoms. The van der Waals surface area contributed by atoms with Crippen molar-refractivity contribution in [3.05, 3.63) is 0 Å². The Hall–Kier alpha value is -0.120. The van der Waals surface area contributed by atoms with E-state index in [-0.39, 0.29) is 0 Å². The summed E-state index contributed by atoms with van der Waals surface area (Å²) in [7, 11) is 0. The van der Waals surface area contributed by atoms with E-state index in [1.54, 1.807) is 0 Å². The fourth-order valence-corrected chi connectivity index (χ4v) is 3.45. The molecule has 0 unspecified atom stereocenters. The zero-order valence-corrected chi connectivity index (χ0v) is 11.9. The average molecular weight is 252 g/mol. The molecule has 1 heterocycles. The van der Waals surface area contributed by atoms with Gasteiger partial charge < -0.3 is 10.1 Å². The van der Waals surface area contributed by atoms with E-state index in [1.807, 2.05) is 0 Å². The van der Waals surface area contributed by atoms with Crippen LogP contribution in [0.4, 0.5) is 0 Å². The van der Waals surface area contributed by atoms with Gasteiger partial charge in [0.05, 0.1) is 13.2 Å². The summed E-state index contributed by atoms with van der Waals surface area (Å²) in [5.41, 5.74) is 0. The van der Waals surface area contributed by atoms with E-state index in [4.69, 9.17) is 4.74 Å². The first kappa shape index (κ1) is 12.9. The highest BCUT2D eigenvalue weighted by Gasteiger charge is 2.41. The van der Waals surface area contributed by atoms with Gasteiger partial charge in [0.1, 0.15) is 0 Å². The van der Waals surface area contributed by atoms with Gasteiger partial charge in [0.2, 0.25) is 0 Å². The molecule has 0 aromatic rings. The predicted octanol–water partition coefficient (Wildman–Crippen LogP) is 1.87. The largest absolute Gasteiger partial charge is 0.379 e. The van der Waals surface area contributed by atoms with Crippen LogP contribution in [0.3, 0.4) is 0 Å². The zero-order chi connectivity index (χ0) is 12.5. The summed E-state index contributed by atoms with van der Waals surface area (Å²) >= 11 is 0. The maximum atomic E-state index is 5.52. The fourth-order valence-electron chi connectivity index (χ4n) is 3.45. The molecule has 0 aromatic heterocycles. The third-order valence-corrected chi connectivity index (χ3v) is 4.89. The van der Waals surface area contributed by atoms with Crippen molar-refractivity contribution in [2.45, 2.75) is 57.7 Å². The van der Waals surface area contributed by atoms with Gasteiger partial charge >= 0.3 is 0 Å². The van der Waals surface area contributed by atoms with E-state index in [9.17, 15) is 0 Å². The van der Waals surface area contributed by atoms with Gasteiger partial charge in [-0.1, -0.05) is 0 Å². The number of ether oxygens (including phenoxy) is 1. The highest BCUT2D eigenvalue weighted by Crippen LogP contribution is 2.44. The molecule has 2 aliphatic carbocycles. The molecule has 1 aliphatic heterocycles. The summed E-state index contributed by atoms with van der Waals surface area (Å²) in [5.74, 6) is 2.01. The molecule has 1 saturated heterocycles. The highest BCUT2D eigenvalue weighted by atomic mass is 16.5. The maximum Gasteiger partial charge on any atom is 0.0619 e. The molecule has 18 heavy (non-hydrogen) atoms. The van der Waals surface area contributed by atoms with Crippen molar-refractivity contribution >= 4 is 0 Å². The minimum absolute atomic E-state index is 0.579. The van der Waals surface area contributed by atoms with E-state index >= 15 is 0 Å². The topological polar surface area (TPSA) is 24.5 Å². The average Bonchev–Trinajstić information content (AvgIpc) is 3.24. The zero-order valence-electron chi connectivity index (χ0n) is 11.9. The van der Waals surface area contributed by atoms with E-state index < -0.39 is 0 Å². The Labute approximate surface area is 111 Å². The summed E-state index contributed by atoms with van der Waals surface area (Å²) < 4.78 is 5.52. The molecule has 0 aromatic carbocycles. The van der Waals surface area contributed by atoms with Crippen LogP contribution in [0.15, 0.2) is 0 Å². The Morgan fingerprint density at radius 3 is 2.44 bits per heavy atom. The number of hydrogen-bond acceptors (Lipinski definition) is 3. The molecular weight excluding hydrogens is 224 g/mol. The lowest BCUT2D eigenvalue weighted by Crippen LogP contribution is -2.52. The molecule has 0 spiro atoms. The first-order valence-electron chi connectivity index (χ1n) is 7.82. The van der Waals surface area contributed by atoms with Crippen molar-refractivity contribution in [2.24, 2.45) is 11.8 Å². The molecule has 3 rings (SSSR count). The van der Waals surface area contributed by atoms with Gasteiger partial charge in [0, 0.05) is 31.2 Å². The fraction of sp³-hybridized carbons (Fsp3) is 1.00. The summed E-state index contributed by atoms with van der Waals surface area (Å²) in [6.07, 6.45) is 5.88. The number of hydrogen-bond donors (Lipinski definition) is 1. The number of rotatable bonds is 6. The predicted molar refractivity (Wildman–Crippen MR) is 73.7 cm³/mol. The number of nitrogens with one attached hydrogen (secondary N) is 1. The van der Waals surface area contributed by atoms with Gasteiger partial charge in [-0.3, -0.25) is 4.90 Å². The van der Waals surface area contributed by atoms with Gasteiger partial charge in [-0.15, -0.1) is 0 Å². The Morgan fingerprint density at radius 1 is 1.22 bits per heavy atom. The van der Waals surface area contributed by atoms with Gasteiger partial charge in [-0.25, -0.2) is 0 Å². The molecule has 3 nitrogen and oxygen atoms in total. The van der Waals surface area contributed by atoms with Gasteiger partial charge in [0.25, 0.3) is 0 Å². The highest BCUT2D eigenvalue weighted by molar-refractivity contribution is 4.96. The van der Waals surface area contributed by atoms with Crippen molar-refractivity contribution in [1.29, 1.82) is 0 Å². The van der Waals surface area contributed by atoms with Crippen molar-refractivity contribution in [1.82, 2.24) is 10.2 Å². The minimum Gasteiger partial charge on any atom is -0.379 e. The normalized spacial score (nSPS) is 31.8. The van der Waals surface area contributed by atoms with Crippen LogP contribution in [0.1, 0.15) is 39.5 Å². The van der Waals surface area contributed by atoms with E-state index in [1.165, 1.54) is 25.7 Å². The molecule has 3 fully saturated rings. The Kier molecular flexibility index (Phi) is 3.92. The Bertz CT molecular complexity index is 264. The smallest absolute Gasteiger partial charge is 0.0619 e. The van der Waals surface area contributed by atoms with E-state index in [2.05, 4.69) is 24.1 Å². The Morgan fingerprint density at radius 2 is 1.89 bits per heavy atom. The molecule has 1 N–H and O–H groups in total. The van der Waals surface area contributed by atoms with Crippen LogP contribution in [0.25, 0.3) is 0 Å². The van der Waals surface area contributed by atoms with Crippen molar-refractivity contribution in [3.63, 3.8) is 0 Å². The van der Waals surface area contributed by atoms with Crippen LogP contribution in [-0.4, -0.2) is 49.3 Å². The molecular formula is C15H28N2O. The lowest BCUT2D eigenvalue weighted by Gasteiger charge is -2.38. The van der Waals surface area contributed by atoms with Crippen LogP contribution in [0.2, 0.25) is 0 Å². The molecule has 0 amide bonds. The molecule has 0 bridgehead atoms. The SMILES string of the molecule is C[C@@H](CNC(C1CC1)C1CC1)N1CCOC[C@@H]1C. The van der Waals surface area contributed by atoms with Crippen LogP contribution < -0.4 is 5.32 Å². The second-order valence-corrected chi connectivity index (χ2v) is 6.62. The molecule has 0 radical (unpaired) electrons. The standard InChI is InChI=1S/C15H28N2O/c1-11(17-7-8-18-10-12(17)2)9-16-15(13-3-4-13)14-5-6-14/h11-16H,3-10H2,1-2H3/t11-,12-/m0/s1. The summed E-state index contributed by atoms with van der Waals surface area (Å²) in [5, 5.41) is 3.88. The van der Waals surface area contributed by atoms with Gasteiger partial charge in [-0.05, 0) is 51.4 Å². The third-order valence-electron chi connectivity index (χ3n) is 4.89. The molecule has 2 atom stereocenters. The van der Waals surface area contributed by atoms with Crippen LogP contribution in [0.5, 0.6) is 0 Å². The second-order valence-electron chi connectivity index (χ2n) is 6.62. The number of morpholine rings is 1. The van der Waals surface area contributed by atoms with Gasteiger partial charge in [0.15, 0.2) is 0 Å². The van der Waals surface area contributed by atoms with Crippen molar-refractivity contribution in [2.75, 3.05) is 26.3 Å². The van der Waals surface area contributed by atoms with Crippen molar-refractivity contribution < 1.29 is 4.74 Å². The summed E-state index contributed by atoms with van der Waals surface area (Å²) in [6.45, 7) is 8.71.